The lowest BCUT2D eigenvalue weighted by Crippen LogP contribution is -2.46. The van der Waals surface area contributed by atoms with Crippen molar-refractivity contribution in [3.8, 4) is 0 Å². The lowest BCUT2D eigenvalue weighted by Gasteiger charge is -2.33. The third-order valence-electron chi connectivity index (χ3n) is 3.01. The van der Waals surface area contributed by atoms with E-state index in [1.54, 1.807) is 7.11 Å². The molecule has 12 heavy (non-hydrogen) atoms. The van der Waals surface area contributed by atoms with Gasteiger partial charge in [0.05, 0.1) is 11.7 Å². The second-order valence-electron chi connectivity index (χ2n) is 3.72. The number of ether oxygens (including phenoxy) is 1. The molecule has 2 N–H and O–H groups in total. The van der Waals surface area contributed by atoms with E-state index in [9.17, 15) is 5.11 Å². The Hall–Kier alpha value is -0.120. The van der Waals surface area contributed by atoms with E-state index in [4.69, 9.17) is 4.74 Å². The normalized spacial score (nSPS) is 35.0. The molecule has 3 nitrogen and oxygen atoms in total. The van der Waals surface area contributed by atoms with E-state index in [2.05, 4.69) is 19.2 Å². The van der Waals surface area contributed by atoms with Crippen LogP contribution in [0.15, 0.2) is 0 Å². The van der Waals surface area contributed by atoms with Crippen LogP contribution in [0.1, 0.15) is 26.7 Å². The molecule has 3 unspecified atom stereocenters. The molecule has 1 saturated heterocycles. The molecule has 1 aliphatic heterocycles. The molecule has 0 saturated carbocycles. The molecule has 0 radical (unpaired) electrons. The summed E-state index contributed by atoms with van der Waals surface area (Å²) < 4.78 is 5.45. The zero-order valence-corrected chi connectivity index (χ0v) is 8.13. The van der Waals surface area contributed by atoms with Crippen LogP contribution in [0.25, 0.3) is 0 Å². The molecule has 0 aromatic heterocycles. The fraction of sp³-hybridized carbons (Fsp3) is 1.00. The van der Waals surface area contributed by atoms with E-state index in [0.717, 1.165) is 12.8 Å². The van der Waals surface area contributed by atoms with Crippen LogP contribution in [0, 0.1) is 0 Å². The minimum Gasteiger partial charge on any atom is -0.392 e. The van der Waals surface area contributed by atoms with Crippen LogP contribution in [0.5, 0.6) is 0 Å². The highest BCUT2D eigenvalue weighted by Crippen LogP contribution is 2.25. The number of aliphatic hydroxyl groups is 1. The minimum absolute atomic E-state index is 0.127. The summed E-state index contributed by atoms with van der Waals surface area (Å²) in [6.45, 7) is 4.89. The Kier molecular flexibility index (Phi) is 3.09. The van der Waals surface area contributed by atoms with E-state index in [0.29, 0.717) is 12.6 Å². The molecule has 1 aliphatic rings. The lowest BCUT2D eigenvalue weighted by atomic mass is 9.92. The molecule has 0 aromatic rings. The van der Waals surface area contributed by atoms with Gasteiger partial charge in [-0.25, -0.2) is 0 Å². The van der Waals surface area contributed by atoms with Crippen molar-refractivity contribution < 1.29 is 9.84 Å². The van der Waals surface area contributed by atoms with Gasteiger partial charge in [-0.3, -0.25) is 0 Å². The second-order valence-corrected chi connectivity index (χ2v) is 3.72. The number of rotatable bonds is 3. The molecule has 3 heteroatoms. The number of nitrogens with one attached hydrogen (secondary N) is 1. The van der Waals surface area contributed by atoms with E-state index in [1.807, 2.05) is 0 Å². The topological polar surface area (TPSA) is 41.5 Å². The molecular formula is C9H19NO2. The van der Waals surface area contributed by atoms with Gasteiger partial charge < -0.3 is 15.2 Å². The van der Waals surface area contributed by atoms with Gasteiger partial charge in [0.25, 0.3) is 0 Å². The summed E-state index contributed by atoms with van der Waals surface area (Å²) in [6.07, 6.45) is 1.57. The maximum Gasteiger partial charge on any atom is 0.0801 e. The fourth-order valence-electron chi connectivity index (χ4n) is 1.72. The quantitative estimate of drug-likeness (QED) is 0.654. The van der Waals surface area contributed by atoms with Crippen molar-refractivity contribution >= 4 is 0 Å². The van der Waals surface area contributed by atoms with Gasteiger partial charge in [0.15, 0.2) is 0 Å². The summed E-state index contributed by atoms with van der Waals surface area (Å²) in [5, 5.41) is 12.6. The Morgan fingerprint density at radius 3 is 2.67 bits per heavy atom. The van der Waals surface area contributed by atoms with Gasteiger partial charge in [0, 0.05) is 19.7 Å². The number of methoxy groups -OCH3 is 1. The smallest absolute Gasteiger partial charge is 0.0801 e. The van der Waals surface area contributed by atoms with Gasteiger partial charge in [0.1, 0.15) is 0 Å². The molecule has 1 rings (SSSR count). The van der Waals surface area contributed by atoms with Crippen LogP contribution in [0.3, 0.4) is 0 Å². The maximum absolute atomic E-state index is 9.34. The molecule has 3 atom stereocenters. The molecule has 0 amide bonds. The van der Waals surface area contributed by atoms with Crippen molar-refractivity contribution in [1.29, 1.82) is 0 Å². The van der Waals surface area contributed by atoms with E-state index >= 15 is 0 Å². The van der Waals surface area contributed by atoms with Crippen molar-refractivity contribution in [1.82, 2.24) is 5.32 Å². The van der Waals surface area contributed by atoms with Gasteiger partial charge in [0.2, 0.25) is 0 Å². The van der Waals surface area contributed by atoms with E-state index in [1.165, 1.54) is 0 Å². The first-order valence-corrected chi connectivity index (χ1v) is 4.59. The first-order valence-electron chi connectivity index (χ1n) is 4.59. The van der Waals surface area contributed by atoms with Gasteiger partial charge in [-0.15, -0.1) is 0 Å². The SMILES string of the molecule is CCC(C)(OC)C1CC(O)CN1. The highest BCUT2D eigenvalue weighted by Gasteiger charge is 2.37. The van der Waals surface area contributed by atoms with Crippen LogP contribution in [-0.2, 0) is 4.74 Å². The first-order chi connectivity index (χ1) is 5.62. The number of β-amino-alcohol motifs (C(OH)–C–C–N with tert-alkyl or cyclic N) is 1. The highest BCUT2D eigenvalue weighted by molar-refractivity contribution is 4.94. The van der Waals surface area contributed by atoms with Crippen molar-refractivity contribution in [3.05, 3.63) is 0 Å². The lowest BCUT2D eigenvalue weighted by molar-refractivity contribution is -0.0262. The Morgan fingerprint density at radius 2 is 2.33 bits per heavy atom. The van der Waals surface area contributed by atoms with Crippen LogP contribution in [-0.4, -0.2) is 36.5 Å². The summed E-state index contributed by atoms with van der Waals surface area (Å²) in [5.41, 5.74) is -0.127. The zero-order valence-electron chi connectivity index (χ0n) is 8.13. The Bertz CT molecular complexity index is 145. The Morgan fingerprint density at radius 1 is 1.67 bits per heavy atom. The molecule has 0 spiro atoms. The van der Waals surface area contributed by atoms with Crippen molar-refractivity contribution in [2.24, 2.45) is 0 Å². The summed E-state index contributed by atoms with van der Waals surface area (Å²) in [6, 6.07) is 0.294. The molecule has 1 fully saturated rings. The monoisotopic (exact) mass is 173 g/mol. The fourth-order valence-corrected chi connectivity index (χ4v) is 1.72. The predicted octanol–water partition coefficient (Wildman–Crippen LogP) is 0.524. The van der Waals surface area contributed by atoms with Crippen molar-refractivity contribution in [2.45, 2.75) is 44.4 Å². The number of hydrogen-bond donors (Lipinski definition) is 2. The number of aliphatic hydroxyl groups excluding tert-OH is 1. The molecular weight excluding hydrogens is 154 g/mol. The average molecular weight is 173 g/mol. The van der Waals surface area contributed by atoms with E-state index < -0.39 is 0 Å². The third kappa shape index (κ3) is 1.79. The van der Waals surface area contributed by atoms with Crippen LogP contribution >= 0.6 is 0 Å². The van der Waals surface area contributed by atoms with Gasteiger partial charge in [-0.1, -0.05) is 6.92 Å². The molecule has 72 valence electrons. The third-order valence-corrected chi connectivity index (χ3v) is 3.01. The molecule has 0 bridgehead atoms. The Labute approximate surface area is 74.1 Å². The molecule has 0 aliphatic carbocycles. The summed E-state index contributed by atoms with van der Waals surface area (Å²) in [4.78, 5) is 0. The molecule has 0 aromatic carbocycles. The minimum atomic E-state index is -0.198. The predicted molar refractivity (Wildman–Crippen MR) is 48.1 cm³/mol. The van der Waals surface area contributed by atoms with Crippen molar-refractivity contribution in [3.63, 3.8) is 0 Å². The maximum atomic E-state index is 9.34. The first kappa shape index (κ1) is 9.96. The van der Waals surface area contributed by atoms with Gasteiger partial charge in [-0.2, -0.15) is 0 Å². The van der Waals surface area contributed by atoms with Crippen molar-refractivity contribution in [2.75, 3.05) is 13.7 Å². The van der Waals surface area contributed by atoms with Crippen LogP contribution in [0.4, 0.5) is 0 Å². The van der Waals surface area contributed by atoms with Crippen LogP contribution in [0.2, 0.25) is 0 Å². The summed E-state index contributed by atoms with van der Waals surface area (Å²) in [5.74, 6) is 0. The Balaban J connectivity index is 2.55. The van der Waals surface area contributed by atoms with Gasteiger partial charge in [-0.05, 0) is 19.8 Å². The highest BCUT2D eigenvalue weighted by atomic mass is 16.5. The van der Waals surface area contributed by atoms with E-state index in [-0.39, 0.29) is 11.7 Å². The zero-order chi connectivity index (χ0) is 9.19. The average Bonchev–Trinajstić information content (AvgIpc) is 2.51. The summed E-state index contributed by atoms with van der Waals surface area (Å²) in [7, 11) is 1.73. The van der Waals surface area contributed by atoms with Gasteiger partial charge >= 0.3 is 0 Å². The summed E-state index contributed by atoms with van der Waals surface area (Å²) >= 11 is 0. The number of hydrogen-bond acceptors (Lipinski definition) is 3. The second kappa shape index (κ2) is 3.73. The van der Waals surface area contributed by atoms with Crippen LogP contribution < -0.4 is 5.32 Å². The molecule has 1 heterocycles. The largest absolute Gasteiger partial charge is 0.392 e. The standard InChI is InChI=1S/C9H19NO2/c1-4-9(2,12-3)8-5-7(11)6-10-8/h7-8,10-11H,4-6H2,1-3H3.